The number of benzene rings is 1. The van der Waals surface area contributed by atoms with Crippen molar-refractivity contribution in [1.82, 2.24) is 51.5 Å². The average molecular weight is 1300 g/mol. The molecule has 92 heavy (non-hydrogen) atoms. The Hall–Kier alpha value is -8.65. The van der Waals surface area contributed by atoms with Gasteiger partial charge in [-0.25, -0.2) is 0 Å². The molecule has 10 amide bonds. The highest BCUT2D eigenvalue weighted by Crippen LogP contribution is 2.41. The van der Waals surface area contributed by atoms with Crippen molar-refractivity contribution in [2.45, 2.75) is 182 Å². The molecular weight excluding hydrogens is 1210 g/mol. The van der Waals surface area contributed by atoms with Crippen molar-refractivity contribution in [2.24, 2.45) is 61.0 Å². The zero-order valence-electron chi connectivity index (χ0n) is 51.8. The first kappa shape index (κ1) is 69.2. The van der Waals surface area contributed by atoms with Crippen LogP contribution in [0.1, 0.15) is 112 Å². The monoisotopic (exact) mass is 1300 g/mol. The predicted octanol–water partition coefficient (Wildman–Crippen LogP) is -4.58. The van der Waals surface area contributed by atoms with E-state index < -0.39 is 126 Å². The van der Waals surface area contributed by atoms with E-state index >= 15 is 9.59 Å². The quantitative estimate of drug-likeness (QED) is 0.0267. The van der Waals surface area contributed by atoms with Gasteiger partial charge in [-0.2, -0.15) is 0 Å². The number of nitrogens with one attached hydrogen (secondary N) is 6. The van der Waals surface area contributed by atoms with Gasteiger partial charge in [-0.3, -0.25) is 62.9 Å². The predicted molar refractivity (Wildman–Crippen MR) is 340 cm³/mol. The number of aliphatic hydroxyl groups is 1. The van der Waals surface area contributed by atoms with Crippen molar-refractivity contribution in [1.29, 1.82) is 0 Å². The molecule has 0 radical (unpaired) electrons. The third kappa shape index (κ3) is 18.1. The Labute approximate surface area is 537 Å². The Morgan fingerprint density at radius 1 is 0.717 bits per heavy atom. The lowest BCUT2D eigenvalue weighted by atomic mass is 9.84. The number of thiophene rings is 1. The van der Waals surface area contributed by atoms with E-state index in [2.05, 4.69) is 46.9 Å². The van der Waals surface area contributed by atoms with Crippen molar-refractivity contribution in [2.75, 3.05) is 45.8 Å². The molecule has 1 aromatic heterocycles. The molecule has 6 heterocycles. The second-order valence-corrected chi connectivity index (χ2v) is 25.5. The number of aliphatic hydroxyl groups excluding tert-OH is 1. The molecule has 6 aliphatic rings. The number of carbonyl (C=O) groups excluding carboxylic acids is 10. The summed E-state index contributed by atoms with van der Waals surface area (Å²) in [6.07, 6.45) is 4.12. The van der Waals surface area contributed by atoms with Crippen molar-refractivity contribution in [3.05, 3.63) is 57.8 Å². The van der Waals surface area contributed by atoms with Gasteiger partial charge >= 0.3 is 0 Å². The van der Waals surface area contributed by atoms with Crippen LogP contribution in [0.15, 0.2) is 56.8 Å². The Balaban J connectivity index is 0.975. The molecule has 8 rings (SSSR count). The molecule has 21 N–H and O–H groups in total. The fraction of sp³-hybridized carbons (Fsp3) is 0.617. The van der Waals surface area contributed by atoms with Gasteiger partial charge < -0.3 is 96.7 Å². The van der Waals surface area contributed by atoms with Gasteiger partial charge in [0.1, 0.15) is 48.3 Å². The average Bonchev–Trinajstić information content (AvgIpc) is 1.49. The van der Waals surface area contributed by atoms with Crippen LogP contribution in [-0.4, -0.2) is 214 Å². The number of hydrogen-bond acceptors (Lipinski definition) is 16. The van der Waals surface area contributed by atoms with Crippen molar-refractivity contribution in [3.8, 4) is 0 Å². The topological polar surface area (TPSA) is 495 Å². The molecule has 5 fully saturated rings. The zero-order valence-corrected chi connectivity index (χ0v) is 52.6. The summed E-state index contributed by atoms with van der Waals surface area (Å²) < 4.78 is 0. The minimum Gasteiger partial charge on any atom is -0.391 e. The first-order valence-electron chi connectivity index (χ1n) is 31.8. The number of fused-ring (bicyclic) bond motifs is 5. The van der Waals surface area contributed by atoms with Gasteiger partial charge in [0.2, 0.25) is 59.1 Å². The van der Waals surface area contributed by atoms with Crippen LogP contribution >= 0.6 is 11.3 Å². The molecule has 0 spiro atoms. The summed E-state index contributed by atoms with van der Waals surface area (Å²) in [6, 6.07) is 0.345. The van der Waals surface area contributed by atoms with E-state index in [1.54, 1.807) is 22.4 Å². The summed E-state index contributed by atoms with van der Waals surface area (Å²) >= 11 is 1.31. The molecule has 2 unspecified atom stereocenters. The van der Waals surface area contributed by atoms with Crippen molar-refractivity contribution < 1.29 is 53.1 Å². The van der Waals surface area contributed by atoms with Gasteiger partial charge in [0.25, 0.3) is 0 Å². The summed E-state index contributed by atoms with van der Waals surface area (Å²) in [6.45, 7) is -0.456. The molecule has 12 atom stereocenters. The number of guanidine groups is 3. The smallest absolute Gasteiger partial charge is 0.246 e. The third-order valence-corrected chi connectivity index (χ3v) is 18.9. The fourth-order valence-corrected chi connectivity index (χ4v) is 14.2. The Morgan fingerprint density at radius 2 is 1.41 bits per heavy atom. The number of rotatable bonds is 24. The van der Waals surface area contributed by atoms with Crippen LogP contribution in [0.25, 0.3) is 0 Å². The molecule has 1 aromatic carbocycles. The summed E-state index contributed by atoms with van der Waals surface area (Å²) in [4.78, 5) is 163. The summed E-state index contributed by atoms with van der Waals surface area (Å²) in [5.41, 5.74) is 40.8. The number of amides is 10. The van der Waals surface area contributed by atoms with Gasteiger partial charge in [0, 0.05) is 76.0 Å². The molecule has 1 saturated carbocycles. The molecule has 31 nitrogen and oxygen atoms in total. The number of likely N-dealkylation sites (tertiary alicyclic amines) is 2. The third-order valence-electron chi connectivity index (χ3n) is 18.0. The second kappa shape index (κ2) is 32.6. The Morgan fingerprint density at radius 3 is 2.12 bits per heavy atom. The lowest BCUT2D eigenvalue weighted by Crippen LogP contribution is -2.63. The molecule has 5 aliphatic heterocycles. The highest BCUT2D eigenvalue weighted by Gasteiger charge is 2.52. The van der Waals surface area contributed by atoms with E-state index in [1.807, 2.05) is 24.3 Å². The number of hydrogen-bond donors (Lipinski definition) is 14. The highest BCUT2D eigenvalue weighted by atomic mass is 32.1. The lowest BCUT2D eigenvalue weighted by molar-refractivity contribution is -0.153. The largest absolute Gasteiger partial charge is 0.391 e. The maximum Gasteiger partial charge on any atom is 0.246 e. The van der Waals surface area contributed by atoms with Crippen molar-refractivity contribution >= 4 is 88.3 Å². The first-order valence-corrected chi connectivity index (χ1v) is 32.6. The Kier molecular flexibility index (Phi) is 24.5. The summed E-state index contributed by atoms with van der Waals surface area (Å²) in [7, 11) is 0. The van der Waals surface area contributed by atoms with E-state index in [1.165, 1.54) is 26.0 Å². The molecule has 0 bridgehead atoms. The van der Waals surface area contributed by atoms with Gasteiger partial charge in [-0.15, -0.1) is 11.3 Å². The van der Waals surface area contributed by atoms with E-state index in [4.69, 9.17) is 40.1 Å². The molecule has 1 aliphatic carbocycles. The number of carbonyl (C=O) groups is 10. The SMILES string of the molecule is NC(N)=NCCC[C@@H](N)C(=O)N[C@@H](CCCN=C(N)N)C(=O)N1CCC[C@H]1C(=O)N1C[C@H](O)C[C@H]1C(=O)NCC(=O)N[C@H](Cc1cccs1)C(=O)N[C@H]1CCNC(=O)[C@H](CCCN=C(N)N)NC(=O)[C@@H]2CC3CCCCC3N2C(=O)[C@H]2Cc3ccccc3CN2C1=O. The van der Waals surface area contributed by atoms with Crippen LogP contribution in [-0.2, 0) is 67.3 Å². The van der Waals surface area contributed by atoms with Gasteiger partial charge in [0.05, 0.1) is 18.7 Å². The molecule has 2 aromatic rings. The highest BCUT2D eigenvalue weighted by molar-refractivity contribution is 7.09. The standard InChI is InChI=1S/C60H90N20O11S/c61-38(14-5-20-69-58(62)63)49(83)75-40(16-7-22-71-60(66)67)54(88)77-24-8-18-44(77)56(90)79-32-36(81)28-45(79)52(86)72-30-48(82)73-42(29-37-13-9-25-92-37)51(85)76-41-19-23-68-50(84)39(15-6-21-70-59(64)65)74-53(87)46-27-34-11-3-4-17-43(34)80(46)57(91)47-26-33-10-1-2-12-35(33)31-78(47)55(41)89/h1-2,9-10,12-13,25,34,36,38-47,81H,3-8,11,14-24,26-32,61H2,(H,68,84)(H,72,86)(H,73,82)(H,74,87)(H,75,83)(H,76,85)(H4,62,63,69)(H4,64,65,70)(H4,66,67,71)/t34?,36-,38-,39+,40+,41+,42-,43?,44+,45+,46+,47-/m1/s1. The molecule has 502 valence electrons. The van der Waals surface area contributed by atoms with Crippen LogP contribution in [0.3, 0.4) is 0 Å². The second-order valence-electron chi connectivity index (χ2n) is 24.5. The van der Waals surface area contributed by atoms with Gasteiger partial charge in [-0.05, 0) is 106 Å². The summed E-state index contributed by atoms with van der Waals surface area (Å²) in [5.74, 6) is -6.70. The summed E-state index contributed by atoms with van der Waals surface area (Å²) in [5, 5.41) is 29.4. The van der Waals surface area contributed by atoms with Crippen molar-refractivity contribution in [3.63, 3.8) is 0 Å². The number of aliphatic imine (C=N–C) groups is 3. The van der Waals surface area contributed by atoms with E-state index in [0.29, 0.717) is 37.0 Å². The van der Waals surface area contributed by atoms with Gasteiger partial charge in [0.15, 0.2) is 17.9 Å². The maximum atomic E-state index is 15.5. The number of β-amino-alcohol motifs (C(OH)–C–C–N with tert-alkyl or cyclic N) is 1. The van der Waals surface area contributed by atoms with Crippen LogP contribution < -0.4 is 72.0 Å². The lowest BCUT2D eigenvalue weighted by Gasteiger charge is -2.43. The van der Waals surface area contributed by atoms with Crippen LogP contribution in [0.5, 0.6) is 0 Å². The number of nitrogens with zero attached hydrogens (tertiary/aromatic N) is 7. The molecule has 32 heteroatoms. The Bertz CT molecular complexity index is 3080. The van der Waals surface area contributed by atoms with Crippen LogP contribution in [0, 0.1) is 5.92 Å². The fourth-order valence-electron chi connectivity index (χ4n) is 13.4. The van der Waals surface area contributed by atoms with E-state index in [9.17, 15) is 43.5 Å². The van der Waals surface area contributed by atoms with E-state index in [-0.39, 0.29) is 133 Å². The minimum absolute atomic E-state index is 0.00244. The maximum absolute atomic E-state index is 15.5. The van der Waals surface area contributed by atoms with E-state index in [0.717, 1.165) is 30.4 Å². The normalized spacial score (nSPS) is 25.0. The first-order chi connectivity index (χ1) is 44.1. The molecular formula is C60H90N20O11S. The zero-order chi connectivity index (χ0) is 66.2. The van der Waals surface area contributed by atoms with Gasteiger partial charge in [-0.1, -0.05) is 43.2 Å². The van der Waals surface area contributed by atoms with Crippen LogP contribution in [0.4, 0.5) is 0 Å². The molecule has 4 saturated heterocycles. The van der Waals surface area contributed by atoms with Crippen LogP contribution in [0.2, 0.25) is 0 Å². The number of nitrogens with two attached hydrogens (primary N) is 7. The minimum atomic E-state index is -1.37.